The SMILES string of the molecule is Cc1nc(SCc2ccc(Cl)cc2Cl)[nH]c(=O)c1CCO. The van der Waals surface area contributed by atoms with Crippen LogP contribution in [0.4, 0.5) is 0 Å². The molecule has 1 heterocycles. The number of hydrogen-bond donors (Lipinski definition) is 2. The second-order valence-corrected chi connectivity index (χ2v) is 6.24. The van der Waals surface area contributed by atoms with Gasteiger partial charge in [0.2, 0.25) is 0 Å². The second-order valence-electron chi connectivity index (χ2n) is 4.43. The number of H-pyrrole nitrogens is 1. The summed E-state index contributed by atoms with van der Waals surface area (Å²) in [6.07, 6.45) is 0.308. The van der Waals surface area contributed by atoms with Gasteiger partial charge in [-0.25, -0.2) is 4.98 Å². The van der Waals surface area contributed by atoms with Crippen molar-refractivity contribution in [3.05, 3.63) is 55.4 Å². The van der Waals surface area contributed by atoms with Gasteiger partial charge in [-0.15, -0.1) is 0 Å². The molecule has 2 aromatic rings. The lowest BCUT2D eigenvalue weighted by Crippen LogP contribution is -2.18. The Kier molecular flexibility index (Phi) is 5.70. The molecule has 21 heavy (non-hydrogen) atoms. The summed E-state index contributed by atoms with van der Waals surface area (Å²) in [7, 11) is 0. The van der Waals surface area contributed by atoms with E-state index in [1.807, 2.05) is 6.07 Å². The van der Waals surface area contributed by atoms with E-state index >= 15 is 0 Å². The van der Waals surface area contributed by atoms with Gasteiger partial charge in [0.25, 0.3) is 5.56 Å². The number of benzene rings is 1. The third-order valence-corrected chi connectivity index (χ3v) is 4.45. The summed E-state index contributed by atoms with van der Waals surface area (Å²) in [5, 5.41) is 10.6. The lowest BCUT2D eigenvalue weighted by atomic mass is 10.2. The van der Waals surface area contributed by atoms with Crippen LogP contribution in [0.15, 0.2) is 28.2 Å². The molecule has 1 aromatic carbocycles. The topological polar surface area (TPSA) is 66.0 Å². The first kappa shape index (κ1) is 16.4. The molecule has 0 aliphatic carbocycles. The monoisotopic (exact) mass is 344 g/mol. The molecule has 1 aromatic heterocycles. The first-order valence-electron chi connectivity index (χ1n) is 6.28. The van der Waals surface area contributed by atoms with Gasteiger partial charge in [0.15, 0.2) is 5.16 Å². The van der Waals surface area contributed by atoms with Crippen molar-refractivity contribution in [2.45, 2.75) is 24.3 Å². The van der Waals surface area contributed by atoms with Crippen molar-refractivity contribution >= 4 is 35.0 Å². The largest absolute Gasteiger partial charge is 0.396 e. The fourth-order valence-corrected chi connectivity index (χ4v) is 3.31. The number of hydrogen-bond acceptors (Lipinski definition) is 4. The fourth-order valence-electron chi connectivity index (χ4n) is 1.84. The van der Waals surface area contributed by atoms with Crippen LogP contribution in [0.1, 0.15) is 16.8 Å². The molecule has 7 heteroatoms. The number of rotatable bonds is 5. The van der Waals surface area contributed by atoms with Crippen LogP contribution in [0.2, 0.25) is 10.0 Å². The molecular weight excluding hydrogens is 331 g/mol. The molecular formula is C14H14Cl2N2O2S. The van der Waals surface area contributed by atoms with E-state index < -0.39 is 0 Å². The number of aromatic nitrogens is 2. The van der Waals surface area contributed by atoms with Crippen molar-refractivity contribution in [1.82, 2.24) is 9.97 Å². The van der Waals surface area contributed by atoms with E-state index in [0.717, 1.165) is 5.56 Å². The van der Waals surface area contributed by atoms with Gasteiger partial charge in [-0.2, -0.15) is 0 Å². The Hall–Kier alpha value is -1.01. The maximum atomic E-state index is 11.9. The van der Waals surface area contributed by atoms with E-state index in [-0.39, 0.29) is 12.2 Å². The molecule has 0 aliphatic heterocycles. The average molecular weight is 345 g/mol. The van der Waals surface area contributed by atoms with Crippen molar-refractivity contribution in [2.24, 2.45) is 0 Å². The first-order chi connectivity index (χ1) is 10.0. The van der Waals surface area contributed by atoms with E-state index in [0.29, 0.717) is 38.6 Å². The zero-order valence-electron chi connectivity index (χ0n) is 11.3. The van der Waals surface area contributed by atoms with Crippen molar-refractivity contribution in [1.29, 1.82) is 0 Å². The molecule has 0 aliphatic rings. The summed E-state index contributed by atoms with van der Waals surface area (Å²) < 4.78 is 0. The molecule has 0 radical (unpaired) electrons. The molecule has 0 saturated carbocycles. The molecule has 0 saturated heterocycles. The number of nitrogens with one attached hydrogen (secondary N) is 1. The van der Waals surface area contributed by atoms with Crippen LogP contribution in [0.3, 0.4) is 0 Å². The minimum absolute atomic E-state index is 0.0710. The van der Waals surface area contributed by atoms with Crippen molar-refractivity contribution in [3.8, 4) is 0 Å². The molecule has 112 valence electrons. The van der Waals surface area contributed by atoms with E-state index in [1.54, 1.807) is 19.1 Å². The van der Waals surface area contributed by atoms with Crippen LogP contribution in [-0.2, 0) is 12.2 Å². The van der Waals surface area contributed by atoms with Crippen LogP contribution in [0.25, 0.3) is 0 Å². The summed E-state index contributed by atoms with van der Waals surface area (Å²) in [6, 6.07) is 5.31. The molecule has 4 nitrogen and oxygen atoms in total. The molecule has 0 unspecified atom stereocenters. The first-order valence-corrected chi connectivity index (χ1v) is 8.02. The Morgan fingerprint density at radius 3 is 2.76 bits per heavy atom. The highest BCUT2D eigenvalue weighted by Gasteiger charge is 2.09. The number of nitrogens with zero attached hydrogens (tertiary/aromatic N) is 1. The van der Waals surface area contributed by atoms with Crippen molar-refractivity contribution in [2.75, 3.05) is 6.61 Å². The van der Waals surface area contributed by atoms with E-state index in [9.17, 15) is 4.79 Å². The highest BCUT2D eigenvalue weighted by Crippen LogP contribution is 2.26. The number of halogens is 2. The van der Waals surface area contributed by atoms with Gasteiger partial charge < -0.3 is 10.1 Å². The summed E-state index contributed by atoms with van der Waals surface area (Å²) >= 11 is 13.4. The number of aromatic amines is 1. The smallest absolute Gasteiger partial charge is 0.255 e. The Balaban J connectivity index is 2.15. The minimum atomic E-state index is -0.207. The summed E-state index contributed by atoms with van der Waals surface area (Å²) in [6.45, 7) is 1.69. The van der Waals surface area contributed by atoms with Gasteiger partial charge in [0.05, 0.1) is 0 Å². The van der Waals surface area contributed by atoms with E-state index in [2.05, 4.69) is 9.97 Å². The summed E-state index contributed by atoms with van der Waals surface area (Å²) in [5.41, 5.74) is 1.87. The number of aryl methyl sites for hydroxylation is 1. The Morgan fingerprint density at radius 1 is 1.38 bits per heavy atom. The third-order valence-electron chi connectivity index (χ3n) is 2.94. The van der Waals surface area contributed by atoms with E-state index in [1.165, 1.54) is 11.8 Å². The molecule has 0 spiro atoms. The maximum absolute atomic E-state index is 11.9. The lowest BCUT2D eigenvalue weighted by molar-refractivity contribution is 0.298. The molecule has 0 bridgehead atoms. The Bertz CT molecular complexity index is 704. The Morgan fingerprint density at radius 2 is 2.14 bits per heavy atom. The quantitative estimate of drug-likeness (QED) is 0.645. The van der Waals surface area contributed by atoms with Crippen LogP contribution >= 0.6 is 35.0 Å². The third kappa shape index (κ3) is 4.23. The Labute approximate surface area is 136 Å². The molecule has 2 rings (SSSR count). The van der Waals surface area contributed by atoms with E-state index in [4.69, 9.17) is 28.3 Å². The van der Waals surface area contributed by atoms with Crippen LogP contribution in [0, 0.1) is 6.92 Å². The van der Waals surface area contributed by atoms with Crippen molar-refractivity contribution in [3.63, 3.8) is 0 Å². The van der Waals surface area contributed by atoms with Gasteiger partial charge in [-0.1, -0.05) is 41.0 Å². The van der Waals surface area contributed by atoms with Gasteiger partial charge in [-0.3, -0.25) is 4.79 Å². The normalized spacial score (nSPS) is 10.9. The summed E-state index contributed by atoms with van der Waals surface area (Å²) in [4.78, 5) is 19.0. The number of aliphatic hydroxyl groups excluding tert-OH is 1. The predicted molar refractivity (Wildman–Crippen MR) is 86.4 cm³/mol. The standard InChI is InChI=1S/C14H14Cl2N2O2S/c1-8-11(4-5-19)13(20)18-14(17-8)21-7-9-2-3-10(15)6-12(9)16/h2-3,6,19H,4-5,7H2,1H3,(H,17,18,20). The molecule has 0 fully saturated rings. The maximum Gasteiger partial charge on any atom is 0.255 e. The van der Waals surface area contributed by atoms with Crippen LogP contribution in [-0.4, -0.2) is 21.7 Å². The van der Waals surface area contributed by atoms with Gasteiger partial charge >= 0.3 is 0 Å². The predicted octanol–water partition coefficient (Wildman–Crippen LogP) is 3.21. The number of thioether (sulfide) groups is 1. The molecule has 2 N–H and O–H groups in total. The van der Waals surface area contributed by atoms with Crippen molar-refractivity contribution < 1.29 is 5.11 Å². The van der Waals surface area contributed by atoms with Gasteiger partial charge in [-0.05, 0) is 24.6 Å². The molecule has 0 amide bonds. The van der Waals surface area contributed by atoms with Gasteiger partial charge in [0.1, 0.15) is 0 Å². The highest BCUT2D eigenvalue weighted by atomic mass is 35.5. The zero-order valence-corrected chi connectivity index (χ0v) is 13.6. The minimum Gasteiger partial charge on any atom is -0.396 e. The van der Waals surface area contributed by atoms with Gasteiger partial charge in [0, 0.05) is 40.1 Å². The van der Waals surface area contributed by atoms with Crippen LogP contribution < -0.4 is 5.56 Å². The second kappa shape index (κ2) is 7.31. The fraction of sp³-hybridized carbons (Fsp3) is 0.286. The average Bonchev–Trinajstić information content (AvgIpc) is 2.42. The zero-order chi connectivity index (χ0) is 15.4. The number of aliphatic hydroxyl groups is 1. The van der Waals surface area contributed by atoms with Crippen LogP contribution in [0.5, 0.6) is 0 Å². The highest BCUT2D eigenvalue weighted by molar-refractivity contribution is 7.98. The molecule has 0 atom stereocenters. The summed E-state index contributed by atoms with van der Waals surface area (Å²) in [5.74, 6) is 0.581. The lowest BCUT2D eigenvalue weighted by Gasteiger charge is -2.07.